The standard InChI is InChI=1S/C42H30/c1-2-7-22-40(38-26-14-18-33-17-8-9-19-35(33)38)42-25-13-12-24-41(42)39(21-6-1)37-23-11-10-20-36(37)34-29-27-32(28-30-34)31-15-4-3-5-16-31/h1-30H. The maximum absolute atomic E-state index is 2.26. The van der Waals surface area contributed by atoms with Crippen LogP contribution in [0.2, 0.25) is 0 Å². The predicted molar refractivity (Wildman–Crippen MR) is 181 cm³/mol. The van der Waals surface area contributed by atoms with Crippen molar-refractivity contribution in [1.29, 1.82) is 0 Å². The van der Waals surface area contributed by atoms with E-state index in [0.29, 0.717) is 0 Å². The van der Waals surface area contributed by atoms with Gasteiger partial charge in [0, 0.05) is 0 Å². The third kappa shape index (κ3) is 4.96. The van der Waals surface area contributed by atoms with Crippen molar-refractivity contribution in [2.45, 2.75) is 0 Å². The third-order valence-corrected chi connectivity index (χ3v) is 7.97. The third-order valence-electron chi connectivity index (χ3n) is 7.97. The van der Waals surface area contributed by atoms with Gasteiger partial charge in [-0.3, -0.25) is 0 Å². The minimum atomic E-state index is 1.20. The molecule has 198 valence electrons. The highest BCUT2D eigenvalue weighted by atomic mass is 14.2. The summed E-state index contributed by atoms with van der Waals surface area (Å²) in [6.07, 6.45) is 0. The van der Waals surface area contributed by atoms with Gasteiger partial charge in [-0.25, -0.2) is 0 Å². The number of rotatable bonds is 4. The highest BCUT2D eigenvalue weighted by Gasteiger charge is 2.12. The molecule has 0 atom stereocenters. The van der Waals surface area contributed by atoms with Gasteiger partial charge >= 0.3 is 0 Å². The van der Waals surface area contributed by atoms with Crippen LogP contribution < -0.4 is 0 Å². The molecule has 0 radical (unpaired) electrons. The molecule has 42 heavy (non-hydrogen) atoms. The smallest absolute Gasteiger partial charge is 0.00990 e. The van der Waals surface area contributed by atoms with Crippen LogP contribution in [0, 0.1) is 0 Å². The first-order valence-electron chi connectivity index (χ1n) is 14.5. The Kier molecular flexibility index (Phi) is 7.02. The highest BCUT2D eigenvalue weighted by molar-refractivity contribution is 6.09. The molecule has 0 saturated carbocycles. The first-order valence-corrected chi connectivity index (χ1v) is 14.5. The fraction of sp³-hybridized carbons (Fsp3) is 0. The van der Waals surface area contributed by atoms with Gasteiger partial charge in [-0.15, -0.1) is 0 Å². The van der Waals surface area contributed by atoms with E-state index in [-0.39, 0.29) is 0 Å². The summed E-state index contributed by atoms with van der Waals surface area (Å²) in [6.45, 7) is 0. The summed E-state index contributed by atoms with van der Waals surface area (Å²) in [5, 5.41) is 4.93. The molecule has 7 rings (SSSR count). The Balaban J connectivity index is 1.47. The van der Waals surface area contributed by atoms with E-state index in [2.05, 4.69) is 182 Å². The predicted octanol–water partition coefficient (Wildman–Crippen LogP) is 11.8. The van der Waals surface area contributed by atoms with Crippen LogP contribution in [-0.2, 0) is 0 Å². The lowest BCUT2D eigenvalue weighted by atomic mass is 9.89. The molecule has 0 heteroatoms. The van der Waals surface area contributed by atoms with Crippen LogP contribution in [0.4, 0.5) is 0 Å². The zero-order valence-corrected chi connectivity index (χ0v) is 23.3. The summed E-state index contributed by atoms with van der Waals surface area (Å²) < 4.78 is 0. The normalized spacial score (nSPS) is 10.9. The van der Waals surface area contributed by atoms with Gasteiger partial charge in [0.25, 0.3) is 0 Å². The highest BCUT2D eigenvalue weighted by Crippen LogP contribution is 2.39. The number of fused-ring (bicyclic) bond motifs is 2. The molecule has 0 aromatic heterocycles. The second-order valence-electron chi connectivity index (χ2n) is 10.5. The van der Waals surface area contributed by atoms with Gasteiger partial charge in [-0.1, -0.05) is 182 Å². The summed E-state index contributed by atoms with van der Waals surface area (Å²) in [5.74, 6) is 0. The lowest BCUT2D eigenvalue weighted by Gasteiger charge is -2.14. The van der Waals surface area contributed by atoms with E-state index in [1.54, 1.807) is 0 Å². The van der Waals surface area contributed by atoms with Crippen LogP contribution in [0.1, 0.15) is 0 Å². The molecule has 0 aliphatic heterocycles. The molecule has 0 bridgehead atoms. The fourth-order valence-electron chi connectivity index (χ4n) is 5.94. The van der Waals surface area contributed by atoms with Crippen molar-refractivity contribution < 1.29 is 0 Å². The molecule has 0 spiro atoms. The van der Waals surface area contributed by atoms with Gasteiger partial charge in [0.05, 0.1) is 0 Å². The van der Waals surface area contributed by atoms with E-state index < -0.39 is 0 Å². The van der Waals surface area contributed by atoms with Gasteiger partial charge in [-0.05, 0) is 66.1 Å². The van der Waals surface area contributed by atoms with E-state index in [9.17, 15) is 0 Å². The average molecular weight is 535 g/mol. The summed E-state index contributed by atoms with van der Waals surface area (Å²) in [7, 11) is 0. The number of hydrogen-bond donors (Lipinski definition) is 0. The lowest BCUT2D eigenvalue weighted by molar-refractivity contribution is 1.58. The van der Waals surface area contributed by atoms with E-state index in [4.69, 9.17) is 0 Å². The van der Waals surface area contributed by atoms with Crippen molar-refractivity contribution in [1.82, 2.24) is 0 Å². The monoisotopic (exact) mass is 534 g/mol. The first kappa shape index (κ1) is 25.5. The molecule has 0 heterocycles. The molecular formula is C42H30. The SMILES string of the molecule is c1ccc(-c2ccc(-c3ccccc3-c3ccccccc(-c4cccc5ccccc45)c4ccccc34)cc2)cc1. The zero-order chi connectivity index (χ0) is 28.1. The minimum Gasteiger partial charge on any atom is -0.0622 e. The topological polar surface area (TPSA) is 0 Å². The van der Waals surface area contributed by atoms with Crippen LogP contribution in [0.25, 0.3) is 66.1 Å². The largest absolute Gasteiger partial charge is 0.0622 e. The van der Waals surface area contributed by atoms with Crippen LogP contribution in [0.3, 0.4) is 0 Å². The lowest BCUT2D eigenvalue weighted by Crippen LogP contribution is -1.88. The fourth-order valence-corrected chi connectivity index (χ4v) is 5.94. The Hall–Kier alpha value is -5.46. The molecule has 0 N–H and O–H groups in total. The molecular weight excluding hydrogens is 504 g/mol. The number of hydrogen-bond acceptors (Lipinski definition) is 0. The summed E-state index contributed by atoms with van der Waals surface area (Å²) >= 11 is 0. The quantitative estimate of drug-likeness (QED) is 0.211. The maximum Gasteiger partial charge on any atom is -0.00990 e. The molecule has 0 amide bonds. The Morgan fingerprint density at radius 1 is 0.190 bits per heavy atom. The van der Waals surface area contributed by atoms with Crippen LogP contribution in [-0.4, -0.2) is 0 Å². The van der Waals surface area contributed by atoms with Crippen molar-refractivity contribution in [2.24, 2.45) is 0 Å². The van der Waals surface area contributed by atoms with Crippen LogP contribution >= 0.6 is 0 Å². The first-order chi connectivity index (χ1) is 20.9. The van der Waals surface area contributed by atoms with E-state index in [1.165, 1.54) is 66.1 Å². The summed E-state index contributed by atoms with van der Waals surface area (Å²) in [4.78, 5) is 0. The summed E-state index contributed by atoms with van der Waals surface area (Å²) in [6, 6.07) is 65.3. The zero-order valence-electron chi connectivity index (χ0n) is 23.3. The van der Waals surface area contributed by atoms with Crippen molar-refractivity contribution >= 4 is 21.5 Å². The van der Waals surface area contributed by atoms with Crippen LogP contribution in [0.5, 0.6) is 0 Å². The maximum atomic E-state index is 2.26. The van der Waals surface area contributed by atoms with E-state index in [1.807, 2.05) is 0 Å². The van der Waals surface area contributed by atoms with Gasteiger partial charge in [0.1, 0.15) is 0 Å². The Morgan fingerprint density at radius 3 is 1.29 bits per heavy atom. The van der Waals surface area contributed by atoms with E-state index in [0.717, 1.165) is 0 Å². The van der Waals surface area contributed by atoms with Crippen molar-refractivity contribution in [3.8, 4) is 44.5 Å². The Morgan fingerprint density at radius 2 is 0.571 bits per heavy atom. The van der Waals surface area contributed by atoms with Crippen molar-refractivity contribution in [2.75, 3.05) is 0 Å². The van der Waals surface area contributed by atoms with E-state index >= 15 is 0 Å². The van der Waals surface area contributed by atoms with Gasteiger partial charge in [0.2, 0.25) is 0 Å². The van der Waals surface area contributed by atoms with Gasteiger partial charge < -0.3 is 0 Å². The van der Waals surface area contributed by atoms with Crippen LogP contribution in [0.15, 0.2) is 182 Å². The number of benzene rings is 6. The molecule has 0 fully saturated rings. The second-order valence-corrected chi connectivity index (χ2v) is 10.5. The second kappa shape index (κ2) is 11.6. The Bertz CT molecular complexity index is 2060. The average Bonchev–Trinajstić information content (AvgIpc) is 3.07. The van der Waals surface area contributed by atoms with Gasteiger partial charge in [-0.2, -0.15) is 0 Å². The Labute approximate surface area is 247 Å². The molecule has 7 aromatic carbocycles. The molecule has 0 aliphatic rings. The molecule has 7 aromatic rings. The molecule has 0 saturated heterocycles. The summed E-state index contributed by atoms with van der Waals surface area (Å²) in [5.41, 5.74) is 9.73. The van der Waals surface area contributed by atoms with Gasteiger partial charge in [0.15, 0.2) is 0 Å². The van der Waals surface area contributed by atoms with Crippen molar-refractivity contribution in [3.05, 3.63) is 182 Å². The molecule has 0 aliphatic carbocycles. The molecule has 0 unspecified atom stereocenters. The molecule has 0 nitrogen and oxygen atoms in total. The van der Waals surface area contributed by atoms with Crippen molar-refractivity contribution in [3.63, 3.8) is 0 Å². The minimum absolute atomic E-state index is 1.20.